The van der Waals surface area contributed by atoms with Crippen LogP contribution in [0.2, 0.25) is 0 Å². The second kappa shape index (κ2) is 6.26. The first-order chi connectivity index (χ1) is 8.25. The van der Waals surface area contributed by atoms with E-state index in [-0.39, 0.29) is 11.8 Å². The first kappa shape index (κ1) is 12.7. The largest absolute Gasteiger partial charge is 0.307 e. The van der Waals surface area contributed by atoms with Gasteiger partial charge in [-0.1, -0.05) is 12.8 Å². The maximum Gasteiger partial charge on any atom is 0.155 e. The number of aromatic nitrogens is 1. The molecule has 1 aliphatic heterocycles. The van der Waals surface area contributed by atoms with Crippen molar-refractivity contribution in [2.45, 2.75) is 38.1 Å². The summed E-state index contributed by atoms with van der Waals surface area (Å²) >= 11 is 3.34. The number of pyridine rings is 1. The van der Waals surface area contributed by atoms with Gasteiger partial charge in [-0.05, 0) is 47.4 Å². The summed E-state index contributed by atoms with van der Waals surface area (Å²) in [5, 5.41) is 3.33. The Balaban J connectivity index is 1.93. The Morgan fingerprint density at radius 2 is 2.29 bits per heavy atom. The van der Waals surface area contributed by atoms with Gasteiger partial charge in [0.05, 0.1) is 12.5 Å². The van der Waals surface area contributed by atoms with Gasteiger partial charge in [-0.25, -0.2) is 0 Å². The minimum absolute atomic E-state index is 0.0305. The number of rotatable bonds is 3. The minimum atomic E-state index is 0.0305. The number of hydrogen-bond donors (Lipinski definition) is 1. The third-order valence-electron chi connectivity index (χ3n) is 3.09. The summed E-state index contributed by atoms with van der Waals surface area (Å²) < 4.78 is 0.946. The molecule has 0 aliphatic carbocycles. The van der Waals surface area contributed by atoms with Crippen molar-refractivity contribution in [1.29, 1.82) is 0 Å². The molecule has 1 atom stereocenters. The Hall–Kier alpha value is -0.740. The molecule has 0 amide bonds. The maximum atomic E-state index is 12.1. The van der Waals surface area contributed by atoms with Crippen LogP contribution in [0.25, 0.3) is 0 Å². The van der Waals surface area contributed by atoms with Gasteiger partial charge in [-0.15, -0.1) is 0 Å². The predicted octanol–water partition coefficient (Wildman–Crippen LogP) is 2.49. The van der Waals surface area contributed by atoms with Crippen molar-refractivity contribution in [3.05, 3.63) is 28.5 Å². The topological polar surface area (TPSA) is 42.0 Å². The predicted molar refractivity (Wildman–Crippen MR) is 70.9 cm³/mol. The van der Waals surface area contributed by atoms with Crippen LogP contribution >= 0.6 is 15.9 Å². The molecule has 92 valence electrons. The SMILES string of the molecule is O=C(Cc1ccc(Br)cn1)C1CCCCCN1. The first-order valence-electron chi connectivity index (χ1n) is 6.12. The summed E-state index contributed by atoms with van der Waals surface area (Å²) in [5.74, 6) is 0.265. The van der Waals surface area contributed by atoms with Crippen molar-refractivity contribution in [2.75, 3.05) is 6.54 Å². The van der Waals surface area contributed by atoms with E-state index in [1.54, 1.807) is 6.20 Å². The second-order valence-electron chi connectivity index (χ2n) is 4.47. The Bertz CT molecular complexity index is 370. The zero-order chi connectivity index (χ0) is 12.1. The Labute approximate surface area is 110 Å². The van der Waals surface area contributed by atoms with Gasteiger partial charge < -0.3 is 5.32 Å². The van der Waals surface area contributed by atoms with Crippen LogP contribution in [0.3, 0.4) is 0 Å². The van der Waals surface area contributed by atoms with Gasteiger partial charge in [0.2, 0.25) is 0 Å². The van der Waals surface area contributed by atoms with E-state index in [2.05, 4.69) is 26.2 Å². The van der Waals surface area contributed by atoms with Gasteiger partial charge in [0, 0.05) is 16.4 Å². The molecule has 17 heavy (non-hydrogen) atoms. The van der Waals surface area contributed by atoms with Gasteiger partial charge in [0.15, 0.2) is 5.78 Å². The monoisotopic (exact) mass is 296 g/mol. The molecule has 0 spiro atoms. The van der Waals surface area contributed by atoms with Crippen molar-refractivity contribution in [2.24, 2.45) is 0 Å². The molecule has 2 rings (SSSR count). The van der Waals surface area contributed by atoms with Gasteiger partial charge in [0.1, 0.15) is 0 Å². The molecule has 3 nitrogen and oxygen atoms in total. The van der Waals surface area contributed by atoms with E-state index in [1.165, 1.54) is 12.8 Å². The normalized spacial score (nSPS) is 20.9. The Morgan fingerprint density at radius 3 is 3.06 bits per heavy atom. The smallest absolute Gasteiger partial charge is 0.155 e. The lowest BCUT2D eigenvalue weighted by Gasteiger charge is -2.13. The minimum Gasteiger partial charge on any atom is -0.307 e. The highest BCUT2D eigenvalue weighted by Gasteiger charge is 2.19. The molecular formula is C13H17BrN2O. The fourth-order valence-electron chi connectivity index (χ4n) is 2.12. The molecule has 1 fully saturated rings. The van der Waals surface area contributed by atoms with Crippen LogP contribution in [0.15, 0.2) is 22.8 Å². The molecule has 2 heterocycles. The third kappa shape index (κ3) is 3.89. The zero-order valence-corrected chi connectivity index (χ0v) is 11.4. The van der Waals surface area contributed by atoms with Crippen molar-refractivity contribution in [3.8, 4) is 0 Å². The van der Waals surface area contributed by atoms with Crippen molar-refractivity contribution in [3.63, 3.8) is 0 Å². The number of carbonyl (C=O) groups is 1. The maximum absolute atomic E-state index is 12.1. The molecule has 1 aromatic rings. The Morgan fingerprint density at radius 1 is 1.41 bits per heavy atom. The lowest BCUT2D eigenvalue weighted by atomic mass is 10.0. The molecule has 1 unspecified atom stereocenters. The summed E-state index contributed by atoms with van der Waals surface area (Å²) in [6.45, 7) is 0.962. The quantitative estimate of drug-likeness (QED) is 0.932. The van der Waals surface area contributed by atoms with Gasteiger partial charge in [-0.2, -0.15) is 0 Å². The molecule has 0 radical (unpaired) electrons. The van der Waals surface area contributed by atoms with Gasteiger partial charge in [0.25, 0.3) is 0 Å². The lowest BCUT2D eigenvalue weighted by Crippen LogP contribution is -2.37. The standard InChI is InChI=1S/C13H17BrN2O/c14-10-5-6-11(16-9-10)8-13(17)12-4-2-1-3-7-15-12/h5-6,9,12,15H,1-4,7-8H2. The molecule has 0 saturated carbocycles. The van der Waals surface area contributed by atoms with Crippen LogP contribution < -0.4 is 5.32 Å². The van der Waals surface area contributed by atoms with Crippen molar-refractivity contribution in [1.82, 2.24) is 10.3 Å². The molecule has 1 saturated heterocycles. The molecule has 0 aromatic carbocycles. The number of hydrogen-bond acceptors (Lipinski definition) is 3. The van der Waals surface area contributed by atoms with E-state index in [4.69, 9.17) is 0 Å². The second-order valence-corrected chi connectivity index (χ2v) is 5.38. The summed E-state index contributed by atoms with van der Waals surface area (Å²) in [4.78, 5) is 16.3. The summed E-state index contributed by atoms with van der Waals surface area (Å²) in [6.07, 6.45) is 6.70. The van der Waals surface area contributed by atoms with Crippen LogP contribution in [0.5, 0.6) is 0 Å². The molecule has 1 N–H and O–H groups in total. The van der Waals surface area contributed by atoms with Crippen molar-refractivity contribution < 1.29 is 4.79 Å². The van der Waals surface area contributed by atoms with E-state index in [0.717, 1.165) is 29.6 Å². The molecule has 1 aliphatic rings. The van der Waals surface area contributed by atoms with Crippen LogP contribution in [0.1, 0.15) is 31.4 Å². The van der Waals surface area contributed by atoms with Crippen LogP contribution in [-0.4, -0.2) is 23.4 Å². The average molecular weight is 297 g/mol. The average Bonchev–Trinajstić information content (AvgIpc) is 2.61. The number of ketones is 1. The van der Waals surface area contributed by atoms with E-state index in [0.29, 0.717) is 6.42 Å². The fourth-order valence-corrected chi connectivity index (χ4v) is 2.35. The van der Waals surface area contributed by atoms with E-state index in [1.807, 2.05) is 12.1 Å². The number of carbonyl (C=O) groups excluding carboxylic acids is 1. The molecule has 0 bridgehead atoms. The van der Waals surface area contributed by atoms with E-state index < -0.39 is 0 Å². The van der Waals surface area contributed by atoms with Gasteiger partial charge in [-0.3, -0.25) is 9.78 Å². The highest BCUT2D eigenvalue weighted by Crippen LogP contribution is 2.12. The van der Waals surface area contributed by atoms with Crippen LogP contribution in [0, 0.1) is 0 Å². The summed E-state index contributed by atoms with van der Waals surface area (Å²) in [6, 6.07) is 3.86. The van der Waals surface area contributed by atoms with Crippen molar-refractivity contribution >= 4 is 21.7 Å². The summed E-state index contributed by atoms with van der Waals surface area (Å²) in [5.41, 5.74) is 0.851. The number of halogens is 1. The van der Waals surface area contributed by atoms with Gasteiger partial charge >= 0.3 is 0 Å². The summed E-state index contributed by atoms with van der Waals surface area (Å²) in [7, 11) is 0. The molecule has 1 aromatic heterocycles. The van der Waals surface area contributed by atoms with Crippen LogP contribution in [-0.2, 0) is 11.2 Å². The van der Waals surface area contributed by atoms with E-state index >= 15 is 0 Å². The Kier molecular flexibility index (Phi) is 4.68. The fraction of sp³-hybridized carbons (Fsp3) is 0.538. The number of nitrogens with one attached hydrogen (secondary N) is 1. The zero-order valence-electron chi connectivity index (χ0n) is 9.79. The highest BCUT2D eigenvalue weighted by atomic mass is 79.9. The number of nitrogens with zero attached hydrogens (tertiary/aromatic N) is 1. The first-order valence-corrected chi connectivity index (χ1v) is 6.91. The number of Topliss-reactive ketones (excluding diaryl/α,β-unsaturated/α-hetero) is 1. The lowest BCUT2D eigenvalue weighted by molar-refractivity contribution is -0.120. The third-order valence-corrected chi connectivity index (χ3v) is 3.56. The van der Waals surface area contributed by atoms with Crippen LogP contribution in [0.4, 0.5) is 0 Å². The molecule has 4 heteroatoms. The highest BCUT2D eigenvalue weighted by molar-refractivity contribution is 9.10. The van der Waals surface area contributed by atoms with E-state index in [9.17, 15) is 4.79 Å². The molecular weight excluding hydrogens is 280 g/mol.